The van der Waals surface area contributed by atoms with E-state index in [1.54, 1.807) is 0 Å². The van der Waals surface area contributed by atoms with Gasteiger partial charge in [-0.15, -0.1) is 0 Å². The fourth-order valence-electron chi connectivity index (χ4n) is 0.136. The fraction of sp³-hybridized carbons (Fsp3) is 0. The van der Waals surface area contributed by atoms with Gasteiger partial charge in [-0.05, 0) is 12.2 Å². The maximum absolute atomic E-state index is 9.41. The van der Waals surface area contributed by atoms with Crippen LogP contribution < -0.4 is 148 Å². The van der Waals surface area contributed by atoms with E-state index in [0.29, 0.717) is 12.2 Å². The zero-order valence-corrected chi connectivity index (χ0v) is 18.3. The van der Waals surface area contributed by atoms with Crippen LogP contribution in [-0.2, 0) is 9.59 Å². The average Bonchev–Trinajstić information content (AvgIpc) is 1.61. The predicted molar refractivity (Wildman–Crippen MR) is 19.2 cm³/mol. The van der Waals surface area contributed by atoms with Crippen LogP contribution >= 0.6 is 0 Å². The van der Waals surface area contributed by atoms with Crippen molar-refractivity contribution in [3.05, 3.63) is 12.2 Å². The molecular weight excluding hydrogens is 378 g/mol. The van der Waals surface area contributed by atoms with Crippen molar-refractivity contribution >= 4 is 11.9 Å². The van der Waals surface area contributed by atoms with Crippen molar-refractivity contribution in [1.82, 2.24) is 0 Å². The molecule has 0 aromatic rings. The van der Waals surface area contributed by atoms with E-state index >= 15 is 0 Å². The number of carbonyl (C=O) groups excluding carboxylic acids is 2. The van der Waals surface area contributed by atoms with Crippen molar-refractivity contribution in [2.24, 2.45) is 0 Å². The van der Waals surface area contributed by atoms with Gasteiger partial charge in [0.25, 0.3) is 0 Å². The topological polar surface area (TPSA) is 80.3 Å². The molecule has 0 rings (SSSR count). The normalized spacial score (nSPS) is 7.60. The Hall–Kier alpha value is 2.78. The Labute approximate surface area is 176 Å². The Bertz CT molecular complexity index is 126. The van der Waals surface area contributed by atoms with E-state index < -0.39 is 11.9 Å². The Balaban J connectivity index is -0.000000245. The molecule has 0 N–H and O–H groups in total. The van der Waals surface area contributed by atoms with Crippen LogP contribution in [-0.4, -0.2) is 11.9 Å². The molecule has 0 saturated heterocycles. The molecule has 0 saturated carbocycles. The first kappa shape index (κ1) is 18.5. The second kappa shape index (κ2) is 11.8. The van der Waals surface area contributed by atoms with E-state index in [2.05, 4.69) is 0 Å². The second-order valence-electron chi connectivity index (χ2n) is 0.971. The van der Waals surface area contributed by atoms with Crippen molar-refractivity contribution in [3.8, 4) is 0 Å². The third-order valence-electron chi connectivity index (χ3n) is 0.355. The molecule has 0 fully saturated rings. The molecule has 0 atom stereocenters. The van der Waals surface area contributed by atoms with Gasteiger partial charge in [0.2, 0.25) is 0 Å². The molecule has 0 unspecified atom stereocenters. The summed E-state index contributed by atoms with van der Waals surface area (Å²) in [5.74, 6) is -3.09. The van der Waals surface area contributed by atoms with Crippen molar-refractivity contribution in [1.29, 1.82) is 0 Å². The Morgan fingerprint density at radius 2 is 1.10 bits per heavy atom. The third kappa shape index (κ3) is 17.0. The summed E-state index contributed by atoms with van der Waals surface area (Å²) < 4.78 is 0. The summed E-state index contributed by atoms with van der Waals surface area (Å²) in [6.45, 7) is 0. The first-order valence-electron chi connectivity index (χ1n) is 1.73. The standard InChI is InChI=1S/C4H4O4.2Cs/c5-3(6)1-2-4(7)8;;/h1-2H,(H,5,6)(H,7,8);;/q;2*+1/p-2/b2-1+;;. The van der Waals surface area contributed by atoms with Crippen molar-refractivity contribution < 1.29 is 158 Å². The van der Waals surface area contributed by atoms with Gasteiger partial charge in [0.1, 0.15) is 0 Å². The zero-order chi connectivity index (χ0) is 6.57. The van der Waals surface area contributed by atoms with E-state index in [0.717, 1.165) is 0 Å². The van der Waals surface area contributed by atoms with Crippen molar-refractivity contribution in [2.75, 3.05) is 0 Å². The van der Waals surface area contributed by atoms with Gasteiger partial charge >= 0.3 is 138 Å². The predicted octanol–water partition coefficient (Wildman–Crippen LogP) is -8.95. The molecule has 44 valence electrons. The number of carboxylic acid groups (broad SMARTS) is 2. The van der Waals surface area contributed by atoms with Gasteiger partial charge in [0.05, 0.1) is 11.9 Å². The minimum atomic E-state index is -1.55. The van der Waals surface area contributed by atoms with E-state index in [4.69, 9.17) is 0 Å². The van der Waals surface area contributed by atoms with Gasteiger partial charge in [-0.3, -0.25) is 0 Å². The zero-order valence-electron chi connectivity index (χ0n) is 5.79. The summed E-state index contributed by atoms with van der Waals surface area (Å²) >= 11 is 0. The first-order chi connectivity index (χ1) is 3.63. The molecule has 0 bridgehead atoms. The molecule has 0 radical (unpaired) electrons. The Morgan fingerprint density at radius 1 is 0.900 bits per heavy atom. The molecular formula is C4H2Cs2O4. The number of rotatable bonds is 2. The Morgan fingerprint density at radius 3 is 1.20 bits per heavy atom. The summed E-state index contributed by atoms with van der Waals surface area (Å²) in [7, 11) is 0. The van der Waals surface area contributed by atoms with Crippen LogP contribution in [0, 0.1) is 0 Å². The second-order valence-corrected chi connectivity index (χ2v) is 0.971. The molecule has 0 aliphatic rings. The van der Waals surface area contributed by atoms with Crippen LogP contribution in [0.4, 0.5) is 0 Å². The van der Waals surface area contributed by atoms with E-state index in [-0.39, 0.29) is 138 Å². The number of carbonyl (C=O) groups is 2. The SMILES string of the molecule is O=C([O-])/C=C/C(=O)[O-].[Cs+].[Cs+]. The van der Waals surface area contributed by atoms with Gasteiger partial charge in [-0.25, -0.2) is 0 Å². The van der Waals surface area contributed by atoms with E-state index in [9.17, 15) is 19.8 Å². The molecule has 0 aliphatic carbocycles. The van der Waals surface area contributed by atoms with Crippen molar-refractivity contribution in [3.63, 3.8) is 0 Å². The smallest absolute Gasteiger partial charge is 0.545 e. The van der Waals surface area contributed by atoms with Gasteiger partial charge in [-0.2, -0.15) is 0 Å². The summed E-state index contributed by atoms with van der Waals surface area (Å²) in [6, 6.07) is 0. The maximum atomic E-state index is 9.41. The summed E-state index contributed by atoms with van der Waals surface area (Å²) in [5, 5.41) is 18.8. The molecule has 4 nitrogen and oxygen atoms in total. The summed E-state index contributed by atoms with van der Waals surface area (Å²) in [5.41, 5.74) is 0. The maximum Gasteiger partial charge on any atom is 1.00 e. The molecule has 6 heteroatoms. The van der Waals surface area contributed by atoms with E-state index in [1.807, 2.05) is 0 Å². The fourth-order valence-corrected chi connectivity index (χ4v) is 0.136. The largest absolute Gasteiger partial charge is 1.00 e. The molecule has 0 amide bonds. The summed E-state index contributed by atoms with van der Waals surface area (Å²) in [4.78, 5) is 18.8. The number of aliphatic carboxylic acids is 2. The molecule has 0 heterocycles. The van der Waals surface area contributed by atoms with Gasteiger partial charge < -0.3 is 19.8 Å². The van der Waals surface area contributed by atoms with E-state index in [1.165, 1.54) is 0 Å². The molecule has 0 aromatic carbocycles. The monoisotopic (exact) mass is 380 g/mol. The minimum absolute atomic E-state index is 0. The van der Waals surface area contributed by atoms with Crippen LogP contribution in [0.25, 0.3) is 0 Å². The van der Waals surface area contributed by atoms with Gasteiger partial charge in [0, 0.05) is 0 Å². The third-order valence-corrected chi connectivity index (χ3v) is 0.355. The molecule has 0 aliphatic heterocycles. The van der Waals surface area contributed by atoms with Gasteiger partial charge in [-0.1, -0.05) is 0 Å². The van der Waals surface area contributed by atoms with Crippen LogP contribution in [0.5, 0.6) is 0 Å². The molecule has 0 aromatic heterocycles. The summed E-state index contributed by atoms with van der Waals surface area (Å²) in [6.07, 6.45) is 0.769. The quantitative estimate of drug-likeness (QED) is 0.446. The minimum Gasteiger partial charge on any atom is -0.545 e. The first-order valence-corrected chi connectivity index (χ1v) is 1.73. The van der Waals surface area contributed by atoms with Crippen LogP contribution in [0.3, 0.4) is 0 Å². The number of carboxylic acids is 2. The van der Waals surface area contributed by atoms with Crippen LogP contribution in [0.15, 0.2) is 12.2 Å². The van der Waals surface area contributed by atoms with Gasteiger partial charge in [0.15, 0.2) is 0 Å². The number of hydrogen-bond donors (Lipinski definition) is 0. The number of hydrogen-bond acceptors (Lipinski definition) is 4. The van der Waals surface area contributed by atoms with Crippen LogP contribution in [0.2, 0.25) is 0 Å². The average molecular weight is 380 g/mol. The molecule has 10 heavy (non-hydrogen) atoms. The molecule has 0 spiro atoms. The Kier molecular flexibility index (Phi) is 21.9. The van der Waals surface area contributed by atoms with Crippen molar-refractivity contribution in [2.45, 2.75) is 0 Å². The van der Waals surface area contributed by atoms with Crippen LogP contribution in [0.1, 0.15) is 0 Å².